The molecule has 5 rings (SSSR count). The number of ether oxygens (including phenoxy) is 3. The van der Waals surface area contributed by atoms with Gasteiger partial charge in [0.15, 0.2) is 23.8 Å². The zero-order valence-corrected chi connectivity index (χ0v) is 18.2. The maximum atomic E-state index is 12.9. The average molecular weight is 459 g/mol. The second kappa shape index (κ2) is 8.91. The minimum atomic E-state index is -0.761. The Balaban J connectivity index is 1.53. The highest BCUT2D eigenvalue weighted by Crippen LogP contribution is 2.42. The molecule has 1 saturated heterocycles. The van der Waals surface area contributed by atoms with Crippen molar-refractivity contribution in [2.45, 2.75) is 24.9 Å². The van der Waals surface area contributed by atoms with Crippen LogP contribution in [0.5, 0.6) is 0 Å². The first-order chi connectivity index (χ1) is 16.6. The van der Waals surface area contributed by atoms with Crippen molar-refractivity contribution >= 4 is 28.9 Å². The molecule has 34 heavy (non-hydrogen) atoms. The van der Waals surface area contributed by atoms with Crippen molar-refractivity contribution in [1.29, 1.82) is 0 Å². The van der Waals surface area contributed by atoms with Gasteiger partial charge in [0.25, 0.3) is 0 Å². The molecule has 4 aromatic rings. The van der Waals surface area contributed by atoms with Crippen LogP contribution in [0.3, 0.4) is 0 Å². The van der Waals surface area contributed by atoms with Crippen LogP contribution in [0.1, 0.15) is 45.0 Å². The molecular weight excluding hydrogens is 438 g/mol. The number of hydrogen-bond acceptors (Lipinski definition) is 9. The molecule has 0 saturated carbocycles. The maximum Gasteiger partial charge on any atom is 0.338 e. The van der Waals surface area contributed by atoms with Crippen molar-refractivity contribution in [3.05, 3.63) is 83.9 Å². The molecule has 2 N–H and O–H groups in total. The van der Waals surface area contributed by atoms with Gasteiger partial charge in [0, 0.05) is 6.42 Å². The fraction of sp³-hybridized carbons (Fsp3) is 0.208. The Morgan fingerprint density at radius 1 is 1.03 bits per heavy atom. The first-order valence-electron chi connectivity index (χ1n) is 10.6. The molecule has 3 atom stereocenters. The number of anilines is 1. The first-order valence-corrected chi connectivity index (χ1v) is 10.6. The summed E-state index contributed by atoms with van der Waals surface area (Å²) >= 11 is 0. The fourth-order valence-electron chi connectivity index (χ4n) is 4.10. The molecule has 0 radical (unpaired) electrons. The Morgan fingerprint density at radius 2 is 1.79 bits per heavy atom. The SMILES string of the molecule is COC(=O)c1ccccc1[C@@H]1C[C@@H](OC(=O)c2ccccc2)[C@H](n2cnc3c(N)ncnc32)O1. The molecule has 1 fully saturated rings. The third kappa shape index (κ3) is 3.84. The number of nitrogens with zero attached hydrogens (tertiary/aromatic N) is 4. The lowest BCUT2D eigenvalue weighted by Gasteiger charge is -2.20. The highest BCUT2D eigenvalue weighted by atomic mass is 16.6. The number of imidazole rings is 1. The molecule has 0 amide bonds. The van der Waals surface area contributed by atoms with E-state index in [-0.39, 0.29) is 5.82 Å². The number of carbonyl (C=O) groups excluding carboxylic acids is 2. The Morgan fingerprint density at radius 3 is 2.59 bits per heavy atom. The van der Waals surface area contributed by atoms with Crippen molar-refractivity contribution in [2.24, 2.45) is 0 Å². The molecule has 3 heterocycles. The van der Waals surface area contributed by atoms with Gasteiger partial charge in [-0.2, -0.15) is 0 Å². The molecule has 172 valence electrons. The van der Waals surface area contributed by atoms with Crippen molar-refractivity contribution in [2.75, 3.05) is 12.8 Å². The summed E-state index contributed by atoms with van der Waals surface area (Å²) < 4.78 is 18.8. The fourth-order valence-corrected chi connectivity index (χ4v) is 4.10. The molecule has 1 aliphatic heterocycles. The van der Waals surface area contributed by atoms with E-state index >= 15 is 0 Å². The third-order valence-corrected chi connectivity index (χ3v) is 5.71. The second-order valence-corrected chi connectivity index (χ2v) is 7.72. The number of rotatable bonds is 5. The van der Waals surface area contributed by atoms with Crippen molar-refractivity contribution < 1.29 is 23.8 Å². The number of carbonyl (C=O) groups is 2. The topological polar surface area (TPSA) is 131 Å². The minimum absolute atomic E-state index is 0.229. The maximum absolute atomic E-state index is 12.9. The predicted molar refractivity (Wildman–Crippen MR) is 121 cm³/mol. The van der Waals surface area contributed by atoms with E-state index in [0.717, 1.165) is 0 Å². The van der Waals surface area contributed by atoms with Crippen LogP contribution >= 0.6 is 0 Å². The summed E-state index contributed by atoms with van der Waals surface area (Å²) in [4.78, 5) is 37.8. The van der Waals surface area contributed by atoms with Crippen LogP contribution in [0.4, 0.5) is 5.82 Å². The van der Waals surface area contributed by atoms with Crippen LogP contribution in [0.25, 0.3) is 11.2 Å². The summed E-state index contributed by atoms with van der Waals surface area (Å²) in [5, 5.41) is 0. The number of benzene rings is 2. The highest BCUT2D eigenvalue weighted by molar-refractivity contribution is 5.91. The van der Waals surface area contributed by atoms with Crippen molar-refractivity contribution in [3.8, 4) is 0 Å². The summed E-state index contributed by atoms with van der Waals surface area (Å²) in [6.07, 6.45) is 1.15. The number of fused-ring (bicyclic) bond motifs is 1. The number of methoxy groups -OCH3 is 1. The molecule has 1 aliphatic rings. The van der Waals surface area contributed by atoms with Crippen LogP contribution in [0.15, 0.2) is 67.3 Å². The zero-order valence-electron chi connectivity index (χ0n) is 18.2. The van der Waals surface area contributed by atoms with Gasteiger partial charge in [-0.05, 0) is 23.8 Å². The first kappa shape index (κ1) is 21.5. The van der Waals surface area contributed by atoms with E-state index in [1.165, 1.54) is 19.8 Å². The summed E-state index contributed by atoms with van der Waals surface area (Å²) in [5.41, 5.74) is 8.24. The molecule has 2 aromatic heterocycles. The van der Waals surface area contributed by atoms with Gasteiger partial charge in [-0.25, -0.2) is 24.5 Å². The molecule has 10 nitrogen and oxygen atoms in total. The summed E-state index contributed by atoms with van der Waals surface area (Å²) in [6.45, 7) is 0. The predicted octanol–water partition coefficient (Wildman–Crippen LogP) is 3.08. The van der Waals surface area contributed by atoms with Gasteiger partial charge in [-0.3, -0.25) is 4.57 Å². The molecule has 0 bridgehead atoms. The van der Waals surface area contributed by atoms with E-state index in [1.807, 2.05) is 12.1 Å². The number of nitrogen functional groups attached to an aromatic ring is 1. The van der Waals surface area contributed by atoms with Crippen LogP contribution in [-0.2, 0) is 14.2 Å². The Kier molecular flexibility index (Phi) is 5.64. The smallest absolute Gasteiger partial charge is 0.338 e. The largest absolute Gasteiger partial charge is 0.465 e. The monoisotopic (exact) mass is 459 g/mol. The normalized spacial score (nSPS) is 19.7. The van der Waals surface area contributed by atoms with E-state index in [2.05, 4.69) is 15.0 Å². The highest BCUT2D eigenvalue weighted by Gasteiger charge is 2.42. The Hall–Kier alpha value is -4.31. The number of hydrogen-bond donors (Lipinski definition) is 1. The van der Waals surface area contributed by atoms with Gasteiger partial charge < -0.3 is 19.9 Å². The van der Waals surface area contributed by atoms with Gasteiger partial charge in [0.1, 0.15) is 11.8 Å². The van der Waals surface area contributed by atoms with E-state index < -0.39 is 30.4 Å². The van der Waals surface area contributed by atoms with Crippen molar-refractivity contribution in [3.63, 3.8) is 0 Å². The van der Waals surface area contributed by atoms with Gasteiger partial charge in [-0.15, -0.1) is 0 Å². The second-order valence-electron chi connectivity index (χ2n) is 7.72. The number of aromatic nitrogens is 4. The Labute approximate surface area is 194 Å². The Bertz CT molecular complexity index is 1360. The molecule has 0 spiro atoms. The standard InChI is InChI=1S/C24H21N5O5/c1-32-24(31)16-10-6-5-9-15(16)17-11-18(34-23(30)14-7-3-2-4-8-14)22(33-17)29-13-28-19-20(25)26-12-27-21(19)29/h2-10,12-13,17-18,22H,11H2,1H3,(H2,25,26,27)/t17-,18+,22+/m0/s1. The van der Waals surface area contributed by atoms with Crippen LogP contribution in [0, 0.1) is 0 Å². The van der Waals surface area contributed by atoms with Crippen LogP contribution in [0.2, 0.25) is 0 Å². The zero-order chi connectivity index (χ0) is 23.7. The van der Waals surface area contributed by atoms with Crippen LogP contribution in [-0.4, -0.2) is 44.7 Å². The van der Waals surface area contributed by atoms with E-state index in [0.29, 0.717) is 34.3 Å². The summed E-state index contributed by atoms with van der Waals surface area (Å²) in [7, 11) is 1.32. The molecule has 0 unspecified atom stereocenters. The minimum Gasteiger partial charge on any atom is -0.465 e. The quantitative estimate of drug-likeness (QED) is 0.447. The molecular formula is C24H21N5O5. The molecule has 0 aliphatic carbocycles. The van der Waals surface area contributed by atoms with E-state index in [1.54, 1.807) is 47.0 Å². The van der Waals surface area contributed by atoms with Gasteiger partial charge in [-0.1, -0.05) is 36.4 Å². The molecule has 10 heteroatoms. The third-order valence-electron chi connectivity index (χ3n) is 5.71. The number of esters is 2. The lowest BCUT2D eigenvalue weighted by Crippen LogP contribution is -2.25. The van der Waals surface area contributed by atoms with E-state index in [4.69, 9.17) is 19.9 Å². The number of nitrogens with two attached hydrogens (primary N) is 1. The van der Waals surface area contributed by atoms with Crippen molar-refractivity contribution in [1.82, 2.24) is 19.5 Å². The lowest BCUT2D eigenvalue weighted by atomic mass is 9.99. The van der Waals surface area contributed by atoms with Gasteiger partial charge in [0.2, 0.25) is 0 Å². The summed E-state index contributed by atoms with van der Waals surface area (Å²) in [5.74, 6) is -0.735. The molecule has 2 aromatic carbocycles. The summed E-state index contributed by atoms with van der Waals surface area (Å²) in [6, 6.07) is 15.7. The van der Waals surface area contributed by atoms with E-state index in [9.17, 15) is 9.59 Å². The lowest BCUT2D eigenvalue weighted by molar-refractivity contribution is -0.0471. The average Bonchev–Trinajstić information content (AvgIpc) is 3.49. The van der Waals surface area contributed by atoms with Gasteiger partial charge >= 0.3 is 11.9 Å². The van der Waals surface area contributed by atoms with Crippen LogP contribution < -0.4 is 5.73 Å². The van der Waals surface area contributed by atoms with Gasteiger partial charge in [0.05, 0.1) is 30.7 Å².